The Balaban J connectivity index is 2.65. The molecule has 4 heteroatoms. The van der Waals surface area contributed by atoms with Gasteiger partial charge in [0.15, 0.2) is 0 Å². The number of hydrogen-bond donors (Lipinski definition) is 1. The minimum Gasteiger partial charge on any atom is -0.462 e. The third kappa shape index (κ3) is 4.18. The molecule has 0 aliphatic carbocycles. The van der Waals surface area contributed by atoms with Gasteiger partial charge in [-0.2, -0.15) is 0 Å². The molecule has 18 heavy (non-hydrogen) atoms. The molecule has 1 rings (SSSR count). The van der Waals surface area contributed by atoms with Gasteiger partial charge in [-0.05, 0) is 38.4 Å². The van der Waals surface area contributed by atoms with Crippen LogP contribution in [0.5, 0.6) is 0 Å². The van der Waals surface area contributed by atoms with Crippen molar-refractivity contribution >= 4 is 5.97 Å². The van der Waals surface area contributed by atoms with Crippen molar-refractivity contribution in [3.63, 3.8) is 0 Å². The van der Waals surface area contributed by atoms with Crippen LogP contribution in [0.4, 0.5) is 0 Å². The first-order chi connectivity index (χ1) is 8.43. The topological polar surface area (TPSA) is 43.3 Å². The van der Waals surface area contributed by atoms with Crippen LogP contribution in [0.15, 0.2) is 18.5 Å². The maximum Gasteiger partial charge on any atom is 0.326 e. The largest absolute Gasteiger partial charge is 0.462 e. The van der Waals surface area contributed by atoms with E-state index in [2.05, 4.69) is 19.2 Å². The van der Waals surface area contributed by atoms with Gasteiger partial charge in [0.25, 0.3) is 0 Å². The minimum atomic E-state index is -0.197. The van der Waals surface area contributed by atoms with E-state index in [4.69, 9.17) is 4.74 Å². The van der Waals surface area contributed by atoms with Crippen molar-refractivity contribution in [2.24, 2.45) is 5.92 Å². The van der Waals surface area contributed by atoms with Crippen LogP contribution in [0.2, 0.25) is 0 Å². The molecular formula is C14H24N2O2. The molecule has 0 aromatic carbocycles. The number of aromatic nitrogens is 1. The van der Waals surface area contributed by atoms with Crippen molar-refractivity contribution in [3.8, 4) is 0 Å². The Morgan fingerprint density at radius 2 is 2.06 bits per heavy atom. The van der Waals surface area contributed by atoms with Crippen molar-refractivity contribution in [3.05, 3.63) is 24.0 Å². The normalized spacial score (nSPS) is 13.1. The van der Waals surface area contributed by atoms with Gasteiger partial charge in [-0.25, -0.2) is 0 Å². The molecule has 0 fully saturated rings. The molecule has 4 nitrogen and oxygen atoms in total. The molecule has 0 radical (unpaired) electrons. The summed E-state index contributed by atoms with van der Waals surface area (Å²) in [5.41, 5.74) is 1.20. The van der Waals surface area contributed by atoms with Crippen LogP contribution in [-0.2, 0) is 16.1 Å². The Labute approximate surface area is 109 Å². The van der Waals surface area contributed by atoms with Gasteiger partial charge >= 0.3 is 5.97 Å². The summed E-state index contributed by atoms with van der Waals surface area (Å²) in [6.07, 6.45) is 3.86. The van der Waals surface area contributed by atoms with Gasteiger partial charge in [0.05, 0.1) is 6.10 Å². The first kappa shape index (κ1) is 14.8. The van der Waals surface area contributed by atoms with Crippen LogP contribution in [0, 0.1) is 5.92 Å². The zero-order valence-electron chi connectivity index (χ0n) is 11.9. The second-order valence-electron chi connectivity index (χ2n) is 5.17. The molecule has 1 unspecified atom stereocenters. The molecule has 0 saturated carbocycles. The van der Waals surface area contributed by atoms with Crippen LogP contribution < -0.4 is 5.32 Å². The fraction of sp³-hybridized carbons (Fsp3) is 0.643. The highest BCUT2D eigenvalue weighted by Gasteiger charge is 2.15. The number of carbonyl (C=O) groups excluding carboxylic acids is 1. The zero-order chi connectivity index (χ0) is 13.7. The Bertz CT molecular complexity index is 383. The van der Waals surface area contributed by atoms with Crippen LogP contribution in [0.3, 0.4) is 0 Å². The predicted octanol–water partition coefficient (Wildman–Crippen LogP) is 2.36. The van der Waals surface area contributed by atoms with E-state index in [0.29, 0.717) is 12.0 Å². The molecular weight excluding hydrogens is 228 g/mol. The van der Waals surface area contributed by atoms with Crippen LogP contribution in [-0.4, -0.2) is 23.7 Å². The molecule has 1 atom stereocenters. The van der Waals surface area contributed by atoms with Crippen molar-refractivity contribution < 1.29 is 9.53 Å². The summed E-state index contributed by atoms with van der Waals surface area (Å²) < 4.78 is 6.99. The number of ether oxygens (including phenoxy) is 1. The fourth-order valence-corrected chi connectivity index (χ4v) is 2.08. The lowest BCUT2D eigenvalue weighted by atomic mass is 9.99. The molecule has 1 heterocycles. The van der Waals surface area contributed by atoms with E-state index in [1.807, 2.05) is 43.9 Å². The maximum atomic E-state index is 11.5. The van der Waals surface area contributed by atoms with Crippen molar-refractivity contribution in [1.82, 2.24) is 9.88 Å². The molecule has 0 saturated heterocycles. The van der Waals surface area contributed by atoms with Gasteiger partial charge in [-0.15, -0.1) is 0 Å². The monoisotopic (exact) mass is 252 g/mol. The Hall–Kier alpha value is -1.29. The van der Waals surface area contributed by atoms with E-state index in [-0.39, 0.29) is 18.6 Å². The van der Waals surface area contributed by atoms with E-state index in [9.17, 15) is 4.79 Å². The van der Waals surface area contributed by atoms with E-state index in [1.165, 1.54) is 5.56 Å². The third-order valence-corrected chi connectivity index (χ3v) is 2.79. The molecule has 102 valence electrons. The molecule has 1 aromatic heterocycles. The summed E-state index contributed by atoms with van der Waals surface area (Å²) >= 11 is 0. The quantitative estimate of drug-likeness (QED) is 0.790. The van der Waals surface area contributed by atoms with Crippen molar-refractivity contribution in [2.75, 3.05) is 7.05 Å². The number of hydrogen-bond acceptors (Lipinski definition) is 3. The van der Waals surface area contributed by atoms with Crippen molar-refractivity contribution in [1.29, 1.82) is 0 Å². The molecule has 0 aliphatic heterocycles. The summed E-state index contributed by atoms with van der Waals surface area (Å²) in [5.74, 6) is 0.311. The predicted molar refractivity (Wildman–Crippen MR) is 72.3 cm³/mol. The van der Waals surface area contributed by atoms with Crippen LogP contribution >= 0.6 is 0 Å². The SMILES string of the molecule is CNC(c1ccn(CC(=O)OC(C)C)c1)C(C)C. The van der Waals surface area contributed by atoms with Crippen LogP contribution in [0.1, 0.15) is 39.3 Å². The second kappa shape index (κ2) is 6.59. The Morgan fingerprint density at radius 1 is 1.39 bits per heavy atom. The first-order valence-electron chi connectivity index (χ1n) is 6.46. The smallest absolute Gasteiger partial charge is 0.326 e. The van der Waals surface area contributed by atoms with E-state index in [0.717, 1.165) is 0 Å². The van der Waals surface area contributed by atoms with Gasteiger partial charge in [0.2, 0.25) is 0 Å². The lowest BCUT2D eigenvalue weighted by Gasteiger charge is -2.18. The summed E-state index contributed by atoms with van der Waals surface area (Å²) in [5, 5.41) is 3.29. The van der Waals surface area contributed by atoms with E-state index >= 15 is 0 Å². The summed E-state index contributed by atoms with van der Waals surface area (Å²) in [6.45, 7) is 8.33. The average molecular weight is 252 g/mol. The minimum absolute atomic E-state index is 0.0618. The van der Waals surface area contributed by atoms with Crippen molar-refractivity contribution in [2.45, 2.75) is 46.4 Å². The van der Waals surface area contributed by atoms with Gasteiger partial charge in [-0.1, -0.05) is 13.8 Å². The van der Waals surface area contributed by atoms with Gasteiger partial charge in [0, 0.05) is 18.4 Å². The average Bonchev–Trinajstić information content (AvgIpc) is 2.65. The van der Waals surface area contributed by atoms with Gasteiger partial charge in [-0.3, -0.25) is 4.79 Å². The second-order valence-corrected chi connectivity index (χ2v) is 5.17. The zero-order valence-corrected chi connectivity index (χ0v) is 11.9. The Kier molecular flexibility index (Phi) is 5.41. The summed E-state index contributed by atoms with van der Waals surface area (Å²) in [6, 6.07) is 2.36. The highest BCUT2D eigenvalue weighted by Crippen LogP contribution is 2.21. The third-order valence-electron chi connectivity index (χ3n) is 2.79. The lowest BCUT2D eigenvalue weighted by Crippen LogP contribution is -2.21. The van der Waals surface area contributed by atoms with Crippen LogP contribution in [0.25, 0.3) is 0 Å². The number of rotatable bonds is 6. The summed E-state index contributed by atoms with van der Waals surface area (Å²) in [4.78, 5) is 11.5. The molecule has 0 aliphatic rings. The molecule has 0 spiro atoms. The van der Waals surface area contributed by atoms with Gasteiger partial charge < -0.3 is 14.6 Å². The highest BCUT2D eigenvalue weighted by molar-refractivity contribution is 5.69. The highest BCUT2D eigenvalue weighted by atomic mass is 16.5. The number of nitrogens with one attached hydrogen (secondary N) is 1. The molecule has 0 amide bonds. The summed E-state index contributed by atoms with van der Waals surface area (Å²) in [7, 11) is 1.95. The number of esters is 1. The molecule has 0 bridgehead atoms. The Morgan fingerprint density at radius 3 is 2.56 bits per heavy atom. The fourth-order valence-electron chi connectivity index (χ4n) is 2.08. The standard InChI is InChI=1S/C14H24N2O2/c1-10(2)14(15-5)12-6-7-16(8-12)9-13(17)18-11(3)4/h6-8,10-11,14-15H,9H2,1-5H3. The van der Waals surface area contributed by atoms with E-state index in [1.54, 1.807) is 0 Å². The molecule has 1 aromatic rings. The first-order valence-corrected chi connectivity index (χ1v) is 6.46. The molecule has 1 N–H and O–H groups in total. The van der Waals surface area contributed by atoms with E-state index < -0.39 is 0 Å². The lowest BCUT2D eigenvalue weighted by molar-refractivity contribution is -0.148. The van der Waals surface area contributed by atoms with Gasteiger partial charge in [0.1, 0.15) is 6.54 Å². The number of carbonyl (C=O) groups is 1. The maximum absolute atomic E-state index is 11.5. The number of nitrogens with zero attached hydrogens (tertiary/aromatic N) is 1.